The number of aryl methyl sites for hydroxylation is 1. The molecular formula is C43H46ClN2O2P. The summed E-state index contributed by atoms with van der Waals surface area (Å²) in [6, 6.07) is 46.9. The van der Waals surface area contributed by atoms with Crippen molar-refractivity contribution in [1.29, 1.82) is 0 Å². The molecule has 0 aliphatic heterocycles. The first-order valence-electron chi connectivity index (χ1n) is 17.5. The third-order valence-corrected chi connectivity index (χ3v) is 17.3. The minimum Gasteiger partial charge on any atom is -0.507 e. The van der Waals surface area contributed by atoms with E-state index in [1.54, 1.807) is 12.1 Å². The molecule has 0 atom stereocenters. The van der Waals surface area contributed by atoms with Crippen molar-refractivity contribution in [3.8, 4) is 34.1 Å². The molecule has 6 aromatic rings. The van der Waals surface area contributed by atoms with Crippen LogP contribution in [0, 0.1) is 0 Å². The first kappa shape index (κ1) is 34.5. The van der Waals surface area contributed by atoms with Crippen LogP contribution in [0.25, 0.3) is 22.6 Å². The average Bonchev–Trinajstić information content (AvgIpc) is 3.57. The first-order valence-corrected chi connectivity index (χ1v) is 20.9. The number of phenols is 2. The summed E-state index contributed by atoms with van der Waals surface area (Å²) >= 11 is 8.22. The van der Waals surface area contributed by atoms with E-state index in [1.165, 1.54) is 41.6 Å². The van der Waals surface area contributed by atoms with E-state index >= 15 is 0 Å². The Balaban J connectivity index is 1.04. The Bertz CT molecular complexity index is 1830. The molecule has 252 valence electrons. The van der Waals surface area contributed by atoms with Crippen molar-refractivity contribution >= 4 is 33.1 Å². The minimum absolute atomic E-state index is 0.199. The molecule has 0 amide bonds. The topological polar surface area (TPSA) is 58.3 Å². The number of rotatable bonds is 16. The number of unbranched alkanes of at least 4 members (excludes halogenated alkanes) is 7. The van der Waals surface area contributed by atoms with Gasteiger partial charge < -0.3 is 10.2 Å². The summed E-state index contributed by atoms with van der Waals surface area (Å²) in [5.41, 5.74) is 2.09. The normalized spacial score (nSPS) is 12.4. The Labute approximate surface area is 295 Å². The summed E-state index contributed by atoms with van der Waals surface area (Å²) in [6.07, 6.45) is 12.1. The van der Waals surface area contributed by atoms with E-state index in [9.17, 15) is 10.2 Å². The van der Waals surface area contributed by atoms with Crippen molar-refractivity contribution < 1.29 is 10.2 Å². The monoisotopic (exact) mass is 688 g/mol. The fourth-order valence-corrected chi connectivity index (χ4v) is 13.3. The molecule has 1 aromatic heterocycles. The van der Waals surface area contributed by atoms with E-state index in [2.05, 4.69) is 95.6 Å². The van der Waals surface area contributed by atoms with Crippen LogP contribution < -0.4 is 15.9 Å². The van der Waals surface area contributed by atoms with Gasteiger partial charge in [-0.1, -0.05) is 24.3 Å². The van der Waals surface area contributed by atoms with E-state index in [4.69, 9.17) is 16.2 Å². The molecule has 0 aliphatic rings. The van der Waals surface area contributed by atoms with Gasteiger partial charge in [-0.15, -0.1) is 0 Å². The van der Waals surface area contributed by atoms with Crippen LogP contribution in [-0.2, 0) is 6.54 Å². The van der Waals surface area contributed by atoms with E-state index < -0.39 is 5.96 Å². The number of aromatic nitrogens is 2. The first-order chi connectivity index (χ1) is 24.0. The van der Waals surface area contributed by atoms with E-state index in [0.29, 0.717) is 22.6 Å². The maximum absolute atomic E-state index is 10.6. The quantitative estimate of drug-likeness (QED) is 0.0786. The van der Waals surface area contributed by atoms with Crippen molar-refractivity contribution in [3.63, 3.8) is 0 Å². The molecule has 0 unspecified atom stereocenters. The number of imidazole rings is 1. The van der Waals surface area contributed by atoms with Crippen molar-refractivity contribution in [1.82, 2.24) is 9.55 Å². The van der Waals surface area contributed by atoms with Gasteiger partial charge in [0.25, 0.3) is 0 Å². The van der Waals surface area contributed by atoms with Crippen LogP contribution in [0.5, 0.6) is 11.5 Å². The third kappa shape index (κ3) is 7.47. The molecule has 0 bridgehead atoms. The molecule has 4 nitrogen and oxygen atoms in total. The summed E-state index contributed by atoms with van der Waals surface area (Å²) in [7, 11) is 0. The molecule has 0 spiro atoms. The van der Waals surface area contributed by atoms with Gasteiger partial charge >= 0.3 is 205 Å². The molecule has 0 radical (unpaired) electrons. The Morgan fingerprint density at radius 3 is 1.39 bits per heavy atom. The second kappa shape index (κ2) is 15.9. The van der Waals surface area contributed by atoms with Crippen LogP contribution in [0.2, 0.25) is 0 Å². The summed E-state index contributed by atoms with van der Waals surface area (Å²) in [4.78, 5) is 4.85. The minimum atomic E-state index is -3.18. The second-order valence-corrected chi connectivity index (χ2v) is 19.5. The van der Waals surface area contributed by atoms with Crippen LogP contribution in [0.15, 0.2) is 146 Å². The molecule has 0 aliphatic carbocycles. The smallest absolute Gasteiger partial charge is 0.507 e. The molecule has 5 aromatic carbocycles. The van der Waals surface area contributed by atoms with Gasteiger partial charge in [0.15, 0.2) is 0 Å². The summed E-state index contributed by atoms with van der Waals surface area (Å²) in [5.74, 6) is -2.06. The van der Waals surface area contributed by atoms with Crippen molar-refractivity contribution in [3.05, 3.63) is 146 Å². The van der Waals surface area contributed by atoms with Gasteiger partial charge in [-0.3, -0.25) is 0 Å². The van der Waals surface area contributed by atoms with Crippen LogP contribution in [0.4, 0.5) is 0 Å². The standard InChI is InChI=1S/C43H46ClN2O2P/c44-49(35-22-10-7-11-23-35,36-24-12-8-13-25-36,37-26-14-9-15-27-37)33-21-6-4-2-1-3-5-20-32-46-34-40(38-28-16-18-30-41(38)47)45-43(46)39-29-17-19-31-42(39)48/h7-19,22-31,34,47-48H,1-6,20-21,32-33H2. The zero-order chi connectivity index (χ0) is 34.0. The molecule has 0 saturated carbocycles. The van der Waals surface area contributed by atoms with Crippen LogP contribution in [0.3, 0.4) is 0 Å². The number of phenolic OH excluding ortho intramolecular Hbond substituents is 2. The Hall–Kier alpha value is -4.37. The molecular weight excluding hydrogens is 643 g/mol. The van der Waals surface area contributed by atoms with Crippen LogP contribution >= 0.6 is 17.2 Å². The van der Waals surface area contributed by atoms with Gasteiger partial charge in [0, 0.05) is 5.56 Å². The molecule has 1 heterocycles. The number of aromatic hydroxyl groups is 2. The molecule has 49 heavy (non-hydrogen) atoms. The fourth-order valence-electron chi connectivity index (χ4n) is 7.09. The number of nitrogens with zero attached hydrogens (tertiary/aromatic N) is 2. The summed E-state index contributed by atoms with van der Waals surface area (Å²) < 4.78 is 2.11. The van der Waals surface area contributed by atoms with Gasteiger partial charge in [-0.2, -0.15) is 0 Å². The molecule has 0 saturated heterocycles. The van der Waals surface area contributed by atoms with E-state index in [-0.39, 0.29) is 11.5 Å². The number of hydrogen-bond acceptors (Lipinski definition) is 3. The predicted octanol–water partition coefficient (Wildman–Crippen LogP) is 10.4. The van der Waals surface area contributed by atoms with Gasteiger partial charge in [-0.05, 0) is 24.3 Å². The fraction of sp³-hybridized carbons (Fsp3) is 0.233. The van der Waals surface area contributed by atoms with Crippen molar-refractivity contribution in [2.45, 2.75) is 57.9 Å². The number of para-hydroxylation sites is 2. The second-order valence-electron chi connectivity index (χ2n) is 12.9. The molecule has 0 fully saturated rings. The SMILES string of the molecule is Oc1ccccc1-c1cn(CCCCCCCCCCP(Cl)(c2ccccc2)(c2ccccc2)c2ccccc2)c(-c2ccccc2O)n1. The predicted molar refractivity (Wildman–Crippen MR) is 209 cm³/mol. The van der Waals surface area contributed by atoms with Gasteiger partial charge in [0.2, 0.25) is 0 Å². The Kier molecular flexibility index (Phi) is 11.2. The van der Waals surface area contributed by atoms with Crippen molar-refractivity contribution in [2.75, 3.05) is 6.16 Å². The van der Waals surface area contributed by atoms with Crippen LogP contribution in [-0.4, -0.2) is 25.9 Å². The van der Waals surface area contributed by atoms with Gasteiger partial charge in [0.1, 0.15) is 11.5 Å². The van der Waals surface area contributed by atoms with E-state index in [1.807, 2.05) is 42.6 Å². The maximum atomic E-state index is 10.6. The third-order valence-electron chi connectivity index (χ3n) is 9.71. The van der Waals surface area contributed by atoms with Crippen molar-refractivity contribution in [2.24, 2.45) is 0 Å². The molecule has 6 heteroatoms. The number of benzene rings is 5. The zero-order valence-electron chi connectivity index (χ0n) is 28.0. The summed E-state index contributed by atoms with van der Waals surface area (Å²) in [5, 5.41) is 24.7. The number of halogens is 1. The summed E-state index contributed by atoms with van der Waals surface area (Å²) in [6.45, 7) is 0.797. The average molecular weight is 689 g/mol. The Morgan fingerprint density at radius 2 is 0.898 bits per heavy atom. The Morgan fingerprint density at radius 1 is 0.490 bits per heavy atom. The number of hydrogen-bond donors (Lipinski definition) is 2. The van der Waals surface area contributed by atoms with Gasteiger partial charge in [0.05, 0.1) is 11.3 Å². The van der Waals surface area contributed by atoms with Gasteiger partial charge in [-0.25, -0.2) is 4.98 Å². The van der Waals surface area contributed by atoms with E-state index in [0.717, 1.165) is 38.4 Å². The molecule has 6 rings (SSSR count). The zero-order valence-corrected chi connectivity index (χ0v) is 29.7. The van der Waals surface area contributed by atoms with Crippen LogP contribution in [0.1, 0.15) is 51.4 Å². The molecule has 2 N–H and O–H groups in total.